The van der Waals surface area contributed by atoms with Crippen molar-refractivity contribution in [3.8, 4) is 0 Å². The summed E-state index contributed by atoms with van der Waals surface area (Å²) in [5.41, 5.74) is 7.48. The van der Waals surface area contributed by atoms with Gasteiger partial charge >= 0.3 is 0 Å². The van der Waals surface area contributed by atoms with Crippen molar-refractivity contribution in [2.45, 2.75) is 20.3 Å². The molecule has 0 atom stereocenters. The maximum atomic E-state index is 5.98. The lowest BCUT2D eigenvalue weighted by atomic mass is 10.2. The van der Waals surface area contributed by atoms with Gasteiger partial charge in [0.25, 0.3) is 0 Å². The summed E-state index contributed by atoms with van der Waals surface area (Å²) in [4.78, 5) is 8.63. The average molecular weight is 297 g/mol. The SMILES string of the molecule is CCc1nc(N)c(C)c(Nc2ccc(Cl)c(Cl)c2)n1. The van der Waals surface area contributed by atoms with E-state index >= 15 is 0 Å². The maximum Gasteiger partial charge on any atom is 0.139 e. The number of rotatable bonds is 3. The van der Waals surface area contributed by atoms with Crippen LogP contribution in [-0.4, -0.2) is 9.97 Å². The van der Waals surface area contributed by atoms with Crippen LogP contribution in [0.5, 0.6) is 0 Å². The summed E-state index contributed by atoms with van der Waals surface area (Å²) in [5, 5.41) is 4.18. The Bertz CT molecular complexity index is 614. The molecule has 0 amide bonds. The highest BCUT2D eigenvalue weighted by molar-refractivity contribution is 6.42. The van der Waals surface area contributed by atoms with E-state index in [2.05, 4.69) is 15.3 Å². The molecule has 0 aliphatic heterocycles. The molecular formula is C13H14Cl2N4. The Morgan fingerprint density at radius 1 is 1.21 bits per heavy atom. The van der Waals surface area contributed by atoms with Gasteiger partial charge in [-0.3, -0.25) is 0 Å². The molecule has 0 saturated heterocycles. The first-order chi connectivity index (χ1) is 9.01. The van der Waals surface area contributed by atoms with Crippen LogP contribution in [0.1, 0.15) is 18.3 Å². The Morgan fingerprint density at radius 3 is 2.58 bits per heavy atom. The Hall–Kier alpha value is -1.52. The third kappa shape index (κ3) is 3.08. The molecule has 1 aromatic carbocycles. The summed E-state index contributed by atoms with van der Waals surface area (Å²) in [6.45, 7) is 3.85. The predicted octanol–water partition coefficient (Wildman–Crippen LogP) is 3.98. The number of hydrogen-bond donors (Lipinski definition) is 2. The smallest absolute Gasteiger partial charge is 0.139 e. The monoisotopic (exact) mass is 296 g/mol. The van der Waals surface area contributed by atoms with Crippen LogP contribution in [0.4, 0.5) is 17.3 Å². The fourth-order valence-corrected chi connectivity index (χ4v) is 1.87. The van der Waals surface area contributed by atoms with Crippen molar-refractivity contribution in [3.63, 3.8) is 0 Å². The molecule has 0 saturated carbocycles. The van der Waals surface area contributed by atoms with Crippen molar-refractivity contribution < 1.29 is 0 Å². The van der Waals surface area contributed by atoms with E-state index in [0.29, 0.717) is 27.5 Å². The lowest BCUT2D eigenvalue weighted by molar-refractivity contribution is 0.940. The van der Waals surface area contributed by atoms with Gasteiger partial charge in [-0.05, 0) is 25.1 Å². The van der Waals surface area contributed by atoms with Gasteiger partial charge < -0.3 is 11.1 Å². The van der Waals surface area contributed by atoms with E-state index in [0.717, 1.165) is 17.7 Å². The molecule has 3 N–H and O–H groups in total. The van der Waals surface area contributed by atoms with Gasteiger partial charge in [-0.15, -0.1) is 0 Å². The molecule has 1 heterocycles. The van der Waals surface area contributed by atoms with Gasteiger partial charge in [0.2, 0.25) is 0 Å². The largest absolute Gasteiger partial charge is 0.383 e. The molecule has 0 aliphatic rings. The minimum Gasteiger partial charge on any atom is -0.383 e. The van der Waals surface area contributed by atoms with Crippen molar-refractivity contribution in [1.29, 1.82) is 0 Å². The standard InChI is InChI=1S/C13H14Cl2N4/c1-3-11-18-12(16)7(2)13(19-11)17-8-4-5-9(14)10(15)6-8/h4-6H,3H2,1-2H3,(H3,16,17,18,19). The zero-order valence-corrected chi connectivity index (χ0v) is 12.2. The van der Waals surface area contributed by atoms with Gasteiger partial charge in [0.15, 0.2) is 0 Å². The number of aromatic nitrogens is 2. The van der Waals surface area contributed by atoms with Crippen LogP contribution in [0, 0.1) is 6.92 Å². The summed E-state index contributed by atoms with van der Waals surface area (Å²) in [5.74, 6) is 1.86. The minimum atomic E-state index is 0.481. The van der Waals surface area contributed by atoms with Crippen molar-refractivity contribution in [2.24, 2.45) is 0 Å². The number of aryl methyl sites for hydroxylation is 1. The van der Waals surface area contributed by atoms with Gasteiger partial charge in [0.05, 0.1) is 10.0 Å². The zero-order chi connectivity index (χ0) is 14.0. The third-order valence-corrected chi connectivity index (χ3v) is 3.47. The van der Waals surface area contributed by atoms with E-state index in [4.69, 9.17) is 28.9 Å². The maximum absolute atomic E-state index is 5.98. The number of nitrogens with two attached hydrogens (primary N) is 1. The van der Waals surface area contributed by atoms with Crippen LogP contribution in [0.25, 0.3) is 0 Å². The Morgan fingerprint density at radius 2 is 1.95 bits per heavy atom. The molecule has 0 bridgehead atoms. The number of nitrogen functional groups attached to an aromatic ring is 1. The second-order valence-electron chi connectivity index (χ2n) is 4.11. The summed E-state index contributed by atoms with van der Waals surface area (Å²) >= 11 is 11.9. The highest BCUT2D eigenvalue weighted by Gasteiger charge is 2.09. The summed E-state index contributed by atoms with van der Waals surface area (Å²) < 4.78 is 0. The fourth-order valence-electron chi connectivity index (χ4n) is 1.57. The Labute approximate surface area is 122 Å². The van der Waals surface area contributed by atoms with E-state index in [9.17, 15) is 0 Å². The number of hydrogen-bond acceptors (Lipinski definition) is 4. The number of nitrogens with zero attached hydrogens (tertiary/aromatic N) is 2. The Balaban J connectivity index is 2.37. The first kappa shape index (κ1) is 13.9. The number of benzene rings is 1. The van der Waals surface area contributed by atoms with Gasteiger partial charge in [-0.25, -0.2) is 9.97 Å². The first-order valence-electron chi connectivity index (χ1n) is 5.86. The lowest BCUT2D eigenvalue weighted by Gasteiger charge is -2.12. The van der Waals surface area contributed by atoms with Crippen molar-refractivity contribution in [3.05, 3.63) is 39.6 Å². The van der Waals surface area contributed by atoms with Crippen LogP contribution in [0.2, 0.25) is 10.0 Å². The summed E-state index contributed by atoms with van der Waals surface area (Å²) in [6.07, 6.45) is 0.723. The van der Waals surface area contributed by atoms with Gasteiger partial charge in [-0.2, -0.15) is 0 Å². The van der Waals surface area contributed by atoms with Crippen LogP contribution >= 0.6 is 23.2 Å². The lowest BCUT2D eigenvalue weighted by Crippen LogP contribution is -2.06. The van der Waals surface area contributed by atoms with E-state index in [1.165, 1.54) is 0 Å². The number of anilines is 3. The summed E-state index contributed by atoms with van der Waals surface area (Å²) in [7, 11) is 0. The van der Waals surface area contributed by atoms with Crippen molar-refractivity contribution >= 4 is 40.5 Å². The number of nitrogens with one attached hydrogen (secondary N) is 1. The van der Waals surface area contributed by atoms with E-state index in [-0.39, 0.29) is 0 Å². The zero-order valence-electron chi connectivity index (χ0n) is 10.7. The second kappa shape index (κ2) is 5.63. The van der Waals surface area contributed by atoms with E-state index in [1.807, 2.05) is 19.9 Å². The van der Waals surface area contributed by atoms with Crippen molar-refractivity contribution in [1.82, 2.24) is 9.97 Å². The van der Waals surface area contributed by atoms with E-state index < -0.39 is 0 Å². The normalized spacial score (nSPS) is 10.5. The first-order valence-corrected chi connectivity index (χ1v) is 6.62. The quantitative estimate of drug-likeness (QED) is 0.899. The second-order valence-corrected chi connectivity index (χ2v) is 4.92. The highest BCUT2D eigenvalue weighted by Crippen LogP contribution is 2.28. The van der Waals surface area contributed by atoms with Crippen LogP contribution in [0.3, 0.4) is 0 Å². The third-order valence-electron chi connectivity index (χ3n) is 2.73. The van der Waals surface area contributed by atoms with Crippen LogP contribution < -0.4 is 11.1 Å². The molecule has 0 fully saturated rings. The number of halogens is 2. The molecule has 2 aromatic rings. The predicted molar refractivity (Wildman–Crippen MR) is 80.3 cm³/mol. The molecule has 0 unspecified atom stereocenters. The molecule has 0 radical (unpaired) electrons. The topological polar surface area (TPSA) is 63.8 Å². The van der Waals surface area contributed by atoms with Crippen LogP contribution in [-0.2, 0) is 6.42 Å². The molecule has 19 heavy (non-hydrogen) atoms. The van der Waals surface area contributed by atoms with E-state index in [1.54, 1.807) is 12.1 Å². The molecular weight excluding hydrogens is 283 g/mol. The molecule has 6 heteroatoms. The average Bonchev–Trinajstić information content (AvgIpc) is 2.39. The molecule has 0 spiro atoms. The minimum absolute atomic E-state index is 0.481. The van der Waals surface area contributed by atoms with Gasteiger partial charge in [0.1, 0.15) is 17.5 Å². The molecule has 4 nitrogen and oxygen atoms in total. The van der Waals surface area contributed by atoms with Crippen molar-refractivity contribution in [2.75, 3.05) is 11.1 Å². The molecule has 0 aliphatic carbocycles. The highest BCUT2D eigenvalue weighted by atomic mass is 35.5. The van der Waals surface area contributed by atoms with Gasteiger partial charge in [0, 0.05) is 17.7 Å². The fraction of sp³-hybridized carbons (Fsp3) is 0.231. The molecule has 2 rings (SSSR count). The van der Waals surface area contributed by atoms with Crippen LogP contribution in [0.15, 0.2) is 18.2 Å². The summed E-state index contributed by atoms with van der Waals surface area (Å²) in [6, 6.07) is 5.30. The molecule has 1 aromatic heterocycles. The van der Waals surface area contributed by atoms with Gasteiger partial charge in [-0.1, -0.05) is 30.1 Å². The molecule has 100 valence electrons. The Kier molecular flexibility index (Phi) is 4.12.